The molecule has 3 heteroatoms. The Balaban J connectivity index is 1.18. The van der Waals surface area contributed by atoms with Gasteiger partial charge in [0, 0.05) is 32.1 Å². The molecule has 0 aliphatic heterocycles. The van der Waals surface area contributed by atoms with Gasteiger partial charge in [0.05, 0.1) is 21.5 Å². The molecule has 0 saturated carbocycles. The molecule has 2 nitrogen and oxygen atoms in total. The van der Waals surface area contributed by atoms with Crippen molar-refractivity contribution in [3.05, 3.63) is 200 Å². The third-order valence-electron chi connectivity index (χ3n) is 11.6. The normalized spacial score (nSPS) is 11.9. The minimum atomic E-state index is 0.874. The van der Waals surface area contributed by atoms with Gasteiger partial charge in [-0.25, -0.2) is 0 Å². The lowest BCUT2D eigenvalue weighted by Gasteiger charge is -2.27. The van der Waals surface area contributed by atoms with E-state index in [0.717, 1.165) is 50.1 Å². The van der Waals surface area contributed by atoms with Gasteiger partial charge in [0.15, 0.2) is 0 Å². The molecule has 57 heavy (non-hydrogen) atoms. The van der Waals surface area contributed by atoms with E-state index in [0.29, 0.717) is 0 Å². The van der Waals surface area contributed by atoms with Crippen LogP contribution in [-0.2, 0) is 0 Å². The Morgan fingerprint density at radius 3 is 1.88 bits per heavy atom. The number of rotatable bonds is 5. The molecule has 2 aromatic heterocycles. The van der Waals surface area contributed by atoms with E-state index >= 15 is 0 Å². The third-order valence-corrected chi connectivity index (χ3v) is 12.9. The van der Waals surface area contributed by atoms with E-state index in [-0.39, 0.29) is 0 Å². The number of fused-ring (bicyclic) bond motifs is 10. The third kappa shape index (κ3) is 4.96. The zero-order valence-electron chi connectivity index (χ0n) is 30.8. The standard InChI is InChI=1S/C54H33NOS/c1-2-13-35(14-3-1)42-21-11-23-45-46-24-12-25-49(54(46)57-53(42)45)55(38-29-30-41-37(33-38)28-27-36-16-5-6-18-39(36)41)48-32-31-44(43-22-10-17-34-15-4-7-19-40(34)43)52-51(48)47-20-8-9-26-50(47)56-52/h1-33H. The number of furan rings is 1. The molecule has 12 aromatic rings. The lowest BCUT2D eigenvalue weighted by molar-refractivity contribution is 0.670. The summed E-state index contributed by atoms with van der Waals surface area (Å²) >= 11 is 1.88. The smallest absolute Gasteiger partial charge is 0.145 e. The minimum absolute atomic E-state index is 0.874. The fraction of sp³-hybridized carbons (Fsp3) is 0. The van der Waals surface area contributed by atoms with Crippen LogP contribution in [0.2, 0.25) is 0 Å². The Bertz CT molecular complexity index is 3530. The summed E-state index contributed by atoms with van der Waals surface area (Å²) in [5.41, 5.74) is 9.79. The lowest BCUT2D eigenvalue weighted by atomic mass is 9.95. The number of hydrogen-bond acceptors (Lipinski definition) is 3. The van der Waals surface area contributed by atoms with Crippen LogP contribution in [0.25, 0.3) is 96.7 Å². The second-order valence-corrected chi connectivity index (χ2v) is 15.8. The largest absolute Gasteiger partial charge is 0.455 e. The maximum absolute atomic E-state index is 6.94. The first kappa shape index (κ1) is 32.1. The van der Waals surface area contributed by atoms with Crippen LogP contribution in [0, 0.1) is 0 Å². The second-order valence-electron chi connectivity index (χ2n) is 14.8. The van der Waals surface area contributed by atoms with Crippen LogP contribution in [0.15, 0.2) is 205 Å². The van der Waals surface area contributed by atoms with E-state index in [1.807, 2.05) is 11.3 Å². The SMILES string of the molecule is c1ccc(-c2cccc3c2sc2c(N(c4ccc5c(ccc6ccccc65)c4)c4ccc(-c5cccc6ccccc56)c5oc6ccccc6c45)cccc23)cc1. The van der Waals surface area contributed by atoms with E-state index < -0.39 is 0 Å². The first-order valence-corrected chi connectivity index (χ1v) is 20.2. The summed E-state index contributed by atoms with van der Waals surface area (Å²) in [6, 6.07) is 72.6. The van der Waals surface area contributed by atoms with Crippen molar-refractivity contribution in [2.45, 2.75) is 0 Å². The predicted octanol–water partition coefficient (Wildman–Crippen LogP) is 16.2. The number of para-hydroxylation sites is 1. The van der Waals surface area contributed by atoms with E-state index in [4.69, 9.17) is 4.42 Å². The van der Waals surface area contributed by atoms with Crippen LogP contribution >= 0.6 is 11.3 Å². The maximum Gasteiger partial charge on any atom is 0.145 e. The number of hydrogen-bond donors (Lipinski definition) is 0. The van der Waals surface area contributed by atoms with Crippen LogP contribution in [0.1, 0.15) is 0 Å². The van der Waals surface area contributed by atoms with Gasteiger partial charge in [-0.2, -0.15) is 0 Å². The van der Waals surface area contributed by atoms with Crippen molar-refractivity contribution >= 4 is 103 Å². The number of nitrogens with zero attached hydrogens (tertiary/aromatic N) is 1. The Morgan fingerprint density at radius 2 is 1.00 bits per heavy atom. The molecule has 0 saturated heterocycles. The molecule has 10 aromatic carbocycles. The van der Waals surface area contributed by atoms with E-state index in [2.05, 4.69) is 205 Å². The molecule has 266 valence electrons. The van der Waals surface area contributed by atoms with Gasteiger partial charge in [0.1, 0.15) is 11.2 Å². The predicted molar refractivity (Wildman–Crippen MR) is 245 cm³/mol. The van der Waals surface area contributed by atoms with E-state index in [1.165, 1.54) is 63.6 Å². The van der Waals surface area contributed by atoms with E-state index in [9.17, 15) is 0 Å². The number of thiophene rings is 1. The summed E-state index contributed by atoms with van der Waals surface area (Å²) < 4.78 is 9.48. The summed E-state index contributed by atoms with van der Waals surface area (Å²) in [7, 11) is 0. The van der Waals surface area contributed by atoms with Crippen molar-refractivity contribution in [3.8, 4) is 22.3 Å². The van der Waals surface area contributed by atoms with Gasteiger partial charge in [-0.15, -0.1) is 11.3 Å². The van der Waals surface area contributed by atoms with Crippen LogP contribution in [-0.4, -0.2) is 0 Å². The van der Waals surface area contributed by atoms with Crippen LogP contribution < -0.4 is 4.90 Å². The monoisotopic (exact) mass is 743 g/mol. The van der Waals surface area contributed by atoms with Gasteiger partial charge >= 0.3 is 0 Å². The molecule has 0 aliphatic rings. The zero-order chi connectivity index (χ0) is 37.5. The highest BCUT2D eigenvalue weighted by atomic mass is 32.1. The van der Waals surface area contributed by atoms with Gasteiger partial charge in [-0.3, -0.25) is 0 Å². The van der Waals surface area contributed by atoms with Gasteiger partial charge in [-0.1, -0.05) is 164 Å². The van der Waals surface area contributed by atoms with Gasteiger partial charge in [-0.05, 0) is 85.4 Å². The van der Waals surface area contributed by atoms with Crippen LogP contribution in [0.4, 0.5) is 17.1 Å². The van der Waals surface area contributed by atoms with Crippen molar-refractivity contribution in [1.82, 2.24) is 0 Å². The number of benzene rings is 10. The Hall–Kier alpha value is -7.20. The molecule has 0 fully saturated rings. The quantitative estimate of drug-likeness (QED) is 0.163. The molecule has 0 atom stereocenters. The van der Waals surface area contributed by atoms with Crippen molar-refractivity contribution in [1.29, 1.82) is 0 Å². The molecule has 0 N–H and O–H groups in total. The highest BCUT2D eigenvalue weighted by Crippen LogP contribution is 2.51. The first-order valence-electron chi connectivity index (χ1n) is 19.4. The molecule has 12 rings (SSSR count). The van der Waals surface area contributed by atoms with Crippen LogP contribution in [0.3, 0.4) is 0 Å². The summed E-state index contributed by atoms with van der Waals surface area (Å²) in [5.74, 6) is 0. The molecule has 2 heterocycles. The van der Waals surface area contributed by atoms with Crippen molar-refractivity contribution in [3.63, 3.8) is 0 Å². The van der Waals surface area contributed by atoms with Gasteiger partial charge in [0.2, 0.25) is 0 Å². The summed E-state index contributed by atoms with van der Waals surface area (Å²) in [6.45, 7) is 0. The highest BCUT2D eigenvalue weighted by molar-refractivity contribution is 7.27. The molecule has 0 radical (unpaired) electrons. The van der Waals surface area contributed by atoms with Gasteiger partial charge in [0.25, 0.3) is 0 Å². The molecule has 0 unspecified atom stereocenters. The molecule has 0 bridgehead atoms. The zero-order valence-corrected chi connectivity index (χ0v) is 31.6. The van der Waals surface area contributed by atoms with Crippen molar-refractivity contribution in [2.75, 3.05) is 4.90 Å². The average Bonchev–Trinajstić information content (AvgIpc) is 3.87. The molecule has 0 spiro atoms. The maximum atomic E-state index is 6.94. The Labute approximate surface area is 333 Å². The second kappa shape index (κ2) is 12.7. The molecular weight excluding hydrogens is 711 g/mol. The van der Waals surface area contributed by atoms with Crippen molar-refractivity contribution in [2.24, 2.45) is 0 Å². The number of anilines is 3. The highest BCUT2D eigenvalue weighted by Gasteiger charge is 2.25. The Kier molecular flexibility index (Phi) is 7.13. The average molecular weight is 744 g/mol. The fourth-order valence-corrected chi connectivity index (χ4v) is 10.4. The van der Waals surface area contributed by atoms with Crippen molar-refractivity contribution < 1.29 is 4.42 Å². The van der Waals surface area contributed by atoms with E-state index in [1.54, 1.807) is 0 Å². The summed E-state index contributed by atoms with van der Waals surface area (Å²) in [6.07, 6.45) is 0. The first-order chi connectivity index (χ1) is 28.3. The minimum Gasteiger partial charge on any atom is -0.455 e. The lowest BCUT2D eigenvalue weighted by Crippen LogP contribution is -2.10. The fourth-order valence-electron chi connectivity index (χ4n) is 9.04. The molecule has 0 amide bonds. The molecular formula is C54H33NOS. The van der Waals surface area contributed by atoms with Crippen LogP contribution in [0.5, 0.6) is 0 Å². The topological polar surface area (TPSA) is 16.4 Å². The van der Waals surface area contributed by atoms with Gasteiger partial charge < -0.3 is 9.32 Å². The summed E-state index contributed by atoms with van der Waals surface area (Å²) in [5, 5.41) is 12.1. The summed E-state index contributed by atoms with van der Waals surface area (Å²) in [4.78, 5) is 2.48. The Morgan fingerprint density at radius 1 is 0.368 bits per heavy atom. The molecule has 0 aliphatic carbocycles.